The summed E-state index contributed by atoms with van der Waals surface area (Å²) in [6.45, 7) is 1.98. The largest absolute Gasteiger partial charge is 0.398 e. The highest BCUT2D eigenvalue weighted by Crippen LogP contribution is 2.22. The Labute approximate surface area is 75.0 Å². The van der Waals surface area contributed by atoms with Crippen molar-refractivity contribution in [3.05, 3.63) is 23.8 Å². The van der Waals surface area contributed by atoms with E-state index in [1.165, 1.54) is 0 Å². The number of benzene rings is 1. The Balaban J connectivity index is 2.53. The van der Waals surface area contributed by atoms with E-state index in [9.17, 15) is 0 Å². The number of aromatic amines is 1. The first-order chi connectivity index (χ1) is 6.27. The molecule has 0 saturated carbocycles. The third kappa shape index (κ3) is 1.35. The van der Waals surface area contributed by atoms with Gasteiger partial charge in [0.25, 0.3) is 0 Å². The van der Waals surface area contributed by atoms with Gasteiger partial charge >= 0.3 is 0 Å². The van der Waals surface area contributed by atoms with E-state index in [4.69, 9.17) is 5.73 Å². The topological polar surface area (TPSA) is 80.5 Å². The standard InChI is InChI=1S/C8H9N5/c1-5-2-3-6(7(9)4-5)8-10-12-13-11-8/h2-4H,9H2,1H3,(H,10,11,12,13). The summed E-state index contributed by atoms with van der Waals surface area (Å²) in [5.74, 6) is 0.595. The number of H-pyrrole nitrogens is 1. The summed E-state index contributed by atoms with van der Waals surface area (Å²) >= 11 is 0. The SMILES string of the molecule is Cc1ccc(-c2nnn[nH]2)c(N)c1. The van der Waals surface area contributed by atoms with Crippen LogP contribution in [-0.2, 0) is 0 Å². The Morgan fingerprint density at radius 2 is 2.23 bits per heavy atom. The lowest BCUT2D eigenvalue weighted by atomic mass is 10.1. The first kappa shape index (κ1) is 7.72. The van der Waals surface area contributed by atoms with Crippen LogP contribution >= 0.6 is 0 Å². The summed E-state index contributed by atoms with van der Waals surface area (Å²) in [5, 5.41) is 13.4. The van der Waals surface area contributed by atoms with Crippen molar-refractivity contribution in [1.29, 1.82) is 0 Å². The summed E-state index contributed by atoms with van der Waals surface area (Å²) < 4.78 is 0. The molecule has 0 fully saturated rings. The number of hydrogen-bond acceptors (Lipinski definition) is 4. The maximum atomic E-state index is 5.80. The predicted molar refractivity (Wildman–Crippen MR) is 48.8 cm³/mol. The Bertz CT molecular complexity index is 406. The Morgan fingerprint density at radius 1 is 1.38 bits per heavy atom. The van der Waals surface area contributed by atoms with Gasteiger partial charge in [-0.15, -0.1) is 5.10 Å². The van der Waals surface area contributed by atoms with Crippen molar-refractivity contribution >= 4 is 5.69 Å². The normalized spacial score (nSPS) is 10.2. The van der Waals surface area contributed by atoms with Crippen molar-refractivity contribution in [2.45, 2.75) is 6.92 Å². The minimum atomic E-state index is 0.595. The summed E-state index contributed by atoms with van der Waals surface area (Å²) in [6.07, 6.45) is 0. The van der Waals surface area contributed by atoms with Gasteiger partial charge in [0.05, 0.1) is 0 Å². The Hall–Kier alpha value is -1.91. The van der Waals surface area contributed by atoms with Gasteiger partial charge in [0.15, 0.2) is 5.82 Å². The molecule has 0 unspecified atom stereocenters. The van der Waals surface area contributed by atoms with E-state index in [-0.39, 0.29) is 0 Å². The van der Waals surface area contributed by atoms with Crippen LogP contribution in [0, 0.1) is 6.92 Å². The summed E-state index contributed by atoms with van der Waals surface area (Å²) in [7, 11) is 0. The van der Waals surface area contributed by atoms with Gasteiger partial charge in [-0.05, 0) is 35.0 Å². The van der Waals surface area contributed by atoms with E-state index < -0.39 is 0 Å². The number of nitrogens with zero attached hydrogens (tertiary/aromatic N) is 3. The van der Waals surface area contributed by atoms with E-state index in [0.29, 0.717) is 11.5 Å². The molecule has 0 aliphatic carbocycles. The maximum absolute atomic E-state index is 5.80. The molecule has 0 bridgehead atoms. The average Bonchev–Trinajstić information content (AvgIpc) is 2.56. The van der Waals surface area contributed by atoms with Crippen LogP contribution in [-0.4, -0.2) is 20.6 Å². The van der Waals surface area contributed by atoms with Crippen molar-refractivity contribution in [2.75, 3.05) is 5.73 Å². The smallest absolute Gasteiger partial charge is 0.181 e. The number of tetrazole rings is 1. The second-order valence-corrected chi connectivity index (χ2v) is 2.84. The van der Waals surface area contributed by atoms with Gasteiger partial charge in [-0.1, -0.05) is 6.07 Å². The third-order valence-electron chi connectivity index (χ3n) is 1.81. The van der Waals surface area contributed by atoms with Crippen molar-refractivity contribution in [1.82, 2.24) is 20.6 Å². The van der Waals surface area contributed by atoms with Gasteiger partial charge < -0.3 is 5.73 Å². The van der Waals surface area contributed by atoms with Gasteiger partial charge in [0.1, 0.15) is 0 Å². The fraction of sp³-hybridized carbons (Fsp3) is 0.125. The predicted octanol–water partition coefficient (Wildman–Crippen LogP) is 0.757. The number of nitrogens with one attached hydrogen (secondary N) is 1. The van der Waals surface area contributed by atoms with Crippen LogP contribution in [0.5, 0.6) is 0 Å². The number of aromatic nitrogens is 4. The Morgan fingerprint density at radius 3 is 2.85 bits per heavy atom. The molecule has 2 rings (SSSR count). The molecule has 0 saturated heterocycles. The maximum Gasteiger partial charge on any atom is 0.181 e. The zero-order valence-electron chi connectivity index (χ0n) is 7.15. The molecule has 0 aliphatic rings. The molecule has 0 radical (unpaired) electrons. The van der Waals surface area contributed by atoms with Crippen LogP contribution in [0.15, 0.2) is 18.2 Å². The van der Waals surface area contributed by atoms with E-state index >= 15 is 0 Å². The van der Waals surface area contributed by atoms with Crippen LogP contribution < -0.4 is 5.73 Å². The Kier molecular flexibility index (Phi) is 1.70. The van der Waals surface area contributed by atoms with Crippen molar-refractivity contribution < 1.29 is 0 Å². The van der Waals surface area contributed by atoms with E-state index in [1.54, 1.807) is 0 Å². The molecule has 3 N–H and O–H groups in total. The van der Waals surface area contributed by atoms with Crippen LogP contribution in [0.2, 0.25) is 0 Å². The molecular weight excluding hydrogens is 166 g/mol. The molecule has 0 spiro atoms. The average molecular weight is 175 g/mol. The minimum absolute atomic E-state index is 0.595. The minimum Gasteiger partial charge on any atom is -0.398 e. The highest BCUT2D eigenvalue weighted by atomic mass is 15.5. The third-order valence-corrected chi connectivity index (χ3v) is 1.81. The molecule has 66 valence electrons. The summed E-state index contributed by atoms with van der Waals surface area (Å²) in [5.41, 5.74) is 8.42. The molecular formula is C8H9N5. The lowest BCUT2D eigenvalue weighted by Crippen LogP contribution is -1.92. The summed E-state index contributed by atoms with van der Waals surface area (Å²) in [4.78, 5) is 0. The number of aryl methyl sites for hydroxylation is 1. The summed E-state index contributed by atoms with van der Waals surface area (Å²) in [6, 6.07) is 5.75. The quantitative estimate of drug-likeness (QED) is 0.627. The zero-order chi connectivity index (χ0) is 9.26. The van der Waals surface area contributed by atoms with Crippen molar-refractivity contribution in [2.24, 2.45) is 0 Å². The van der Waals surface area contributed by atoms with Crippen LogP contribution in [0.3, 0.4) is 0 Å². The van der Waals surface area contributed by atoms with Crippen LogP contribution in [0.1, 0.15) is 5.56 Å². The van der Waals surface area contributed by atoms with Gasteiger partial charge in [-0.25, -0.2) is 5.10 Å². The van der Waals surface area contributed by atoms with Crippen LogP contribution in [0.4, 0.5) is 5.69 Å². The van der Waals surface area contributed by atoms with E-state index in [1.807, 2.05) is 25.1 Å². The fourth-order valence-electron chi connectivity index (χ4n) is 1.17. The molecule has 5 nitrogen and oxygen atoms in total. The number of rotatable bonds is 1. The second kappa shape index (κ2) is 2.85. The first-order valence-electron chi connectivity index (χ1n) is 3.87. The zero-order valence-corrected chi connectivity index (χ0v) is 7.15. The highest BCUT2D eigenvalue weighted by molar-refractivity contribution is 5.71. The molecule has 2 aromatic rings. The molecule has 1 aromatic carbocycles. The second-order valence-electron chi connectivity index (χ2n) is 2.84. The lowest BCUT2D eigenvalue weighted by Gasteiger charge is -2.01. The number of nitrogens with two attached hydrogens (primary N) is 1. The van der Waals surface area contributed by atoms with Gasteiger partial charge in [-0.2, -0.15) is 0 Å². The fourth-order valence-corrected chi connectivity index (χ4v) is 1.17. The number of anilines is 1. The number of hydrogen-bond donors (Lipinski definition) is 2. The highest BCUT2D eigenvalue weighted by Gasteiger charge is 2.05. The molecule has 1 heterocycles. The molecule has 0 amide bonds. The molecule has 0 atom stereocenters. The molecule has 0 aliphatic heterocycles. The number of nitrogen functional groups attached to an aromatic ring is 1. The first-order valence-corrected chi connectivity index (χ1v) is 3.87. The molecule has 13 heavy (non-hydrogen) atoms. The van der Waals surface area contributed by atoms with Crippen LogP contribution in [0.25, 0.3) is 11.4 Å². The lowest BCUT2D eigenvalue weighted by molar-refractivity contribution is 0.881. The van der Waals surface area contributed by atoms with E-state index in [2.05, 4.69) is 20.6 Å². The van der Waals surface area contributed by atoms with Gasteiger partial charge in [-0.3, -0.25) is 0 Å². The van der Waals surface area contributed by atoms with Crippen molar-refractivity contribution in [3.8, 4) is 11.4 Å². The molecule has 5 heteroatoms. The van der Waals surface area contributed by atoms with Crippen molar-refractivity contribution in [3.63, 3.8) is 0 Å². The molecule has 1 aromatic heterocycles. The van der Waals surface area contributed by atoms with Gasteiger partial charge in [0.2, 0.25) is 0 Å². The van der Waals surface area contributed by atoms with E-state index in [0.717, 1.165) is 11.1 Å². The monoisotopic (exact) mass is 175 g/mol. The van der Waals surface area contributed by atoms with Gasteiger partial charge in [0, 0.05) is 11.3 Å².